The van der Waals surface area contributed by atoms with Gasteiger partial charge in [0.1, 0.15) is 0 Å². The first-order valence-corrected chi connectivity index (χ1v) is 8.05. The van der Waals surface area contributed by atoms with Crippen LogP contribution >= 0.6 is 0 Å². The molecule has 2 nitrogen and oxygen atoms in total. The van der Waals surface area contributed by atoms with Crippen LogP contribution < -0.4 is 0 Å². The van der Waals surface area contributed by atoms with Gasteiger partial charge in [0.15, 0.2) is 0 Å². The van der Waals surface area contributed by atoms with Crippen molar-refractivity contribution in [3.05, 3.63) is 0 Å². The van der Waals surface area contributed by atoms with Crippen molar-refractivity contribution in [1.29, 1.82) is 0 Å². The quantitative estimate of drug-likeness (QED) is 0.472. The van der Waals surface area contributed by atoms with E-state index < -0.39 is 0 Å². The van der Waals surface area contributed by atoms with E-state index in [4.69, 9.17) is 9.47 Å². The average molecular weight is 272 g/mol. The summed E-state index contributed by atoms with van der Waals surface area (Å²) in [5.41, 5.74) is -0.107. The predicted molar refractivity (Wildman–Crippen MR) is 83.7 cm³/mol. The van der Waals surface area contributed by atoms with Crippen LogP contribution in [-0.2, 0) is 9.47 Å². The molecule has 0 aromatic rings. The van der Waals surface area contributed by atoms with Gasteiger partial charge in [-0.05, 0) is 47.5 Å². The molecule has 19 heavy (non-hydrogen) atoms. The zero-order valence-corrected chi connectivity index (χ0v) is 14.2. The molecule has 0 radical (unpaired) electrons. The Bertz CT molecular complexity index is 204. The summed E-state index contributed by atoms with van der Waals surface area (Å²) < 4.78 is 11.7. The molecule has 116 valence electrons. The molecule has 0 atom stereocenters. The van der Waals surface area contributed by atoms with E-state index in [1.807, 2.05) is 0 Å². The second-order valence-corrected chi connectivity index (χ2v) is 7.09. The molecular weight excluding hydrogens is 236 g/mol. The molecule has 2 heteroatoms. The van der Waals surface area contributed by atoms with Crippen LogP contribution in [0.5, 0.6) is 0 Å². The molecule has 0 aliphatic rings. The molecule has 0 aromatic carbocycles. The Morgan fingerprint density at radius 3 is 1.84 bits per heavy atom. The van der Waals surface area contributed by atoms with E-state index in [1.165, 1.54) is 38.5 Å². The van der Waals surface area contributed by atoms with Crippen LogP contribution in [0.3, 0.4) is 0 Å². The smallest absolute Gasteiger partial charge is 0.0648 e. The van der Waals surface area contributed by atoms with Crippen LogP contribution in [0.4, 0.5) is 0 Å². The van der Waals surface area contributed by atoms with Gasteiger partial charge in [0.05, 0.1) is 11.2 Å². The van der Waals surface area contributed by atoms with E-state index in [0.29, 0.717) is 0 Å². The summed E-state index contributed by atoms with van der Waals surface area (Å²) in [5.74, 6) is 0. The molecule has 0 spiro atoms. The lowest BCUT2D eigenvalue weighted by molar-refractivity contribution is -0.0672. The van der Waals surface area contributed by atoms with Gasteiger partial charge >= 0.3 is 0 Å². The first kappa shape index (κ1) is 18.9. The molecule has 0 unspecified atom stereocenters. The molecule has 0 heterocycles. The van der Waals surface area contributed by atoms with Gasteiger partial charge in [-0.3, -0.25) is 0 Å². The monoisotopic (exact) mass is 272 g/mol. The third-order valence-corrected chi connectivity index (χ3v) is 3.23. The first-order chi connectivity index (χ1) is 8.77. The van der Waals surface area contributed by atoms with Crippen molar-refractivity contribution in [3.8, 4) is 0 Å². The average Bonchev–Trinajstić information content (AvgIpc) is 2.25. The summed E-state index contributed by atoms with van der Waals surface area (Å²) in [5, 5.41) is 0. The molecule has 0 rings (SSSR count). The van der Waals surface area contributed by atoms with Gasteiger partial charge in [0.25, 0.3) is 0 Å². The Morgan fingerprint density at radius 2 is 1.26 bits per heavy atom. The van der Waals surface area contributed by atoms with Crippen molar-refractivity contribution < 1.29 is 9.47 Å². The molecule has 0 saturated carbocycles. The fourth-order valence-electron chi connectivity index (χ4n) is 1.91. The molecule has 0 saturated heterocycles. The minimum absolute atomic E-state index is 0.0463. The van der Waals surface area contributed by atoms with Gasteiger partial charge < -0.3 is 9.47 Å². The largest absolute Gasteiger partial charge is 0.376 e. The van der Waals surface area contributed by atoms with Crippen molar-refractivity contribution in [2.45, 2.75) is 97.7 Å². The van der Waals surface area contributed by atoms with Crippen LogP contribution in [-0.4, -0.2) is 24.4 Å². The van der Waals surface area contributed by atoms with Gasteiger partial charge in [-0.2, -0.15) is 0 Å². The summed E-state index contributed by atoms with van der Waals surface area (Å²) in [4.78, 5) is 0. The van der Waals surface area contributed by atoms with Gasteiger partial charge in [-0.25, -0.2) is 0 Å². The van der Waals surface area contributed by atoms with Crippen LogP contribution in [0.2, 0.25) is 0 Å². The summed E-state index contributed by atoms with van der Waals surface area (Å²) in [6.07, 6.45) is 8.86. The molecule has 0 N–H and O–H groups in total. The number of unbranched alkanes of at least 4 members (excludes halogenated alkanes) is 5. The van der Waals surface area contributed by atoms with E-state index in [2.05, 4.69) is 41.5 Å². The molecule has 0 aliphatic heterocycles. The standard InChI is InChI=1S/C17H36O2/c1-7-8-9-10-11-12-14-19-17(5,6)13-15-18-16(2,3)4/h7-15H2,1-6H3. The Kier molecular flexibility index (Phi) is 9.72. The van der Waals surface area contributed by atoms with E-state index in [-0.39, 0.29) is 11.2 Å². The highest BCUT2D eigenvalue weighted by molar-refractivity contribution is 4.69. The fraction of sp³-hybridized carbons (Fsp3) is 1.00. The summed E-state index contributed by atoms with van der Waals surface area (Å²) >= 11 is 0. The van der Waals surface area contributed by atoms with Crippen LogP contribution in [0, 0.1) is 0 Å². The van der Waals surface area contributed by atoms with Crippen molar-refractivity contribution in [2.24, 2.45) is 0 Å². The number of rotatable bonds is 11. The minimum Gasteiger partial charge on any atom is -0.376 e. The molecule has 0 fully saturated rings. The van der Waals surface area contributed by atoms with E-state index in [9.17, 15) is 0 Å². The molecule has 0 amide bonds. The molecular formula is C17H36O2. The van der Waals surface area contributed by atoms with Gasteiger partial charge in [0.2, 0.25) is 0 Å². The van der Waals surface area contributed by atoms with Crippen molar-refractivity contribution >= 4 is 0 Å². The summed E-state index contributed by atoms with van der Waals surface area (Å²) in [6.45, 7) is 14.5. The van der Waals surface area contributed by atoms with Gasteiger partial charge in [-0.1, -0.05) is 39.0 Å². The van der Waals surface area contributed by atoms with Crippen molar-refractivity contribution in [1.82, 2.24) is 0 Å². The van der Waals surface area contributed by atoms with Crippen LogP contribution in [0.25, 0.3) is 0 Å². The third-order valence-electron chi connectivity index (χ3n) is 3.23. The van der Waals surface area contributed by atoms with E-state index in [1.54, 1.807) is 0 Å². The maximum atomic E-state index is 5.97. The van der Waals surface area contributed by atoms with Crippen LogP contribution in [0.15, 0.2) is 0 Å². The van der Waals surface area contributed by atoms with E-state index in [0.717, 1.165) is 19.6 Å². The third kappa shape index (κ3) is 14.1. The zero-order valence-electron chi connectivity index (χ0n) is 14.2. The predicted octanol–water partition coefficient (Wildman–Crippen LogP) is 5.35. The lowest BCUT2D eigenvalue weighted by Crippen LogP contribution is -2.29. The highest BCUT2D eigenvalue weighted by Crippen LogP contribution is 2.18. The number of ether oxygens (including phenoxy) is 2. The second kappa shape index (κ2) is 9.77. The maximum Gasteiger partial charge on any atom is 0.0648 e. The zero-order chi connectivity index (χ0) is 14.8. The normalized spacial score (nSPS) is 12.9. The van der Waals surface area contributed by atoms with E-state index >= 15 is 0 Å². The molecule has 0 bridgehead atoms. The summed E-state index contributed by atoms with van der Waals surface area (Å²) in [6, 6.07) is 0. The Hall–Kier alpha value is -0.0800. The van der Waals surface area contributed by atoms with Crippen molar-refractivity contribution in [2.75, 3.05) is 13.2 Å². The highest BCUT2D eigenvalue weighted by Gasteiger charge is 2.19. The molecule has 0 aromatic heterocycles. The summed E-state index contributed by atoms with van der Waals surface area (Å²) in [7, 11) is 0. The number of hydrogen-bond donors (Lipinski definition) is 0. The SMILES string of the molecule is CCCCCCCCOC(C)(C)CCOC(C)(C)C. The van der Waals surface area contributed by atoms with Gasteiger partial charge in [-0.15, -0.1) is 0 Å². The Labute approximate surface area is 121 Å². The minimum atomic E-state index is -0.0608. The first-order valence-electron chi connectivity index (χ1n) is 8.05. The lowest BCUT2D eigenvalue weighted by atomic mass is 10.1. The maximum absolute atomic E-state index is 5.97. The lowest BCUT2D eigenvalue weighted by Gasteiger charge is -2.28. The topological polar surface area (TPSA) is 18.5 Å². The molecule has 0 aliphatic carbocycles. The van der Waals surface area contributed by atoms with Crippen molar-refractivity contribution in [3.63, 3.8) is 0 Å². The van der Waals surface area contributed by atoms with Gasteiger partial charge in [0, 0.05) is 13.2 Å². The highest BCUT2D eigenvalue weighted by atomic mass is 16.5. The Balaban J connectivity index is 3.51. The Morgan fingerprint density at radius 1 is 0.684 bits per heavy atom. The fourth-order valence-corrected chi connectivity index (χ4v) is 1.91. The van der Waals surface area contributed by atoms with Crippen LogP contribution in [0.1, 0.15) is 86.5 Å². The second-order valence-electron chi connectivity index (χ2n) is 7.09. The number of hydrogen-bond acceptors (Lipinski definition) is 2.